The zero-order chi connectivity index (χ0) is 24.2. The minimum atomic E-state index is 0. The Balaban J connectivity index is 0.00000228. The van der Waals surface area contributed by atoms with Crippen LogP contribution in [0, 0.1) is 12.8 Å². The van der Waals surface area contributed by atoms with E-state index in [1.165, 1.54) is 5.56 Å². The summed E-state index contributed by atoms with van der Waals surface area (Å²) < 4.78 is 5.99. The molecule has 1 aliphatic rings. The number of hydrogen-bond donors (Lipinski definition) is 1. The summed E-state index contributed by atoms with van der Waals surface area (Å²) in [6.45, 7) is 11.0. The van der Waals surface area contributed by atoms with E-state index in [0.717, 1.165) is 23.6 Å². The van der Waals surface area contributed by atoms with Gasteiger partial charge in [0, 0.05) is 41.0 Å². The fourth-order valence-electron chi connectivity index (χ4n) is 4.30. The maximum atomic E-state index is 12.4. The number of aromatic nitrogens is 4. The van der Waals surface area contributed by atoms with Gasteiger partial charge in [-0.25, -0.2) is 4.98 Å². The molecule has 1 fully saturated rings. The molecule has 9 heteroatoms. The zero-order valence-electron chi connectivity index (χ0n) is 20.6. The molecule has 2 aromatic heterocycles. The number of benzene rings is 1. The van der Waals surface area contributed by atoms with Gasteiger partial charge in [0.25, 0.3) is 5.89 Å². The quantitative estimate of drug-likeness (QED) is 0.560. The number of anilines is 1. The van der Waals surface area contributed by atoms with Crippen molar-refractivity contribution in [3.8, 4) is 23.0 Å². The van der Waals surface area contributed by atoms with Gasteiger partial charge in [-0.1, -0.05) is 32.9 Å². The first-order valence-electron chi connectivity index (χ1n) is 11.9. The molecule has 1 saturated heterocycles. The highest BCUT2D eigenvalue weighted by molar-refractivity contribution is 5.76. The Morgan fingerprint density at radius 1 is 1.21 bits per heavy atom. The first kappa shape index (κ1) is 23.8. The molecule has 3 heterocycles. The fourth-order valence-corrected chi connectivity index (χ4v) is 4.30. The van der Waals surface area contributed by atoms with Gasteiger partial charge in [0.1, 0.15) is 5.82 Å². The molecular weight excluding hydrogens is 430 g/mol. The average Bonchev–Trinajstić information content (AvgIpc) is 3.34. The summed E-state index contributed by atoms with van der Waals surface area (Å²) in [7, 11) is 1.92. The predicted molar refractivity (Wildman–Crippen MR) is 135 cm³/mol. The number of amides is 1. The van der Waals surface area contributed by atoms with E-state index in [-0.39, 0.29) is 14.8 Å². The zero-order valence-corrected chi connectivity index (χ0v) is 20.6. The molecular formula is C25H37N7O2. The summed E-state index contributed by atoms with van der Waals surface area (Å²) in [5, 5.41) is 11.6. The fraction of sp³-hybridized carbons (Fsp3) is 0.480. The smallest absolute Gasteiger partial charge is 0.268 e. The summed E-state index contributed by atoms with van der Waals surface area (Å²) in [6.07, 6.45) is 2.31. The van der Waals surface area contributed by atoms with E-state index in [1.54, 1.807) is 6.20 Å². The normalized spacial score (nSPS) is 16.4. The van der Waals surface area contributed by atoms with E-state index >= 15 is 0 Å². The van der Waals surface area contributed by atoms with Gasteiger partial charge in [-0.3, -0.25) is 9.78 Å². The lowest BCUT2D eigenvalue weighted by atomic mass is 9.99. The lowest BCUT2D eigenvalue weighted by Crippen LogP contribution is -2.57. The highest BCUT2D eigenvalue weighted by Crippen LogP contribution is 2.28. The van der Waals surface area contributed by atoms with Crippen molar-refractivity contribution in [2.45, 2.75) is 46.7 Å². The lowest BCUT2D eigenvalue weighted by molar-refractivity contribution is -0.134. The largest absolute Gasteiger partial charge is 0.415 e. The van der Waals surface area contributed by atoms with Crippen molar-refractivity contribution in [2.24, 2.45) is 5.92 Å². The highest BCUT2D eigenvalue weighted by Gasteiger charge is 2.32. The number of piperazine rings is 1. The number of nitrogens with one attached hydrogen (secondary N) is 1. The van der Waals surface area contributed by atoms with Crippen LogP contribution in [-0.4, -0.2) is 63.7 Å². The second-order valence-corrected chi connectivity index (χ2v) is 9.00. The van der Waals surface area contributed by atoms with Gasteiger partial charge in [-0.05, 0) is 37.6 Å². The Morgan fingerprint density at radius 3 is 2.62 bits per heavy atom. The van der Waals surface area contributed by atoms with Gasteiger partial charge in [-0.2, -0.15) is 0 Å². The molecule has 0 aliphatic carbocycles. The van der Waals surface area contributed by atoms with E-state index < -0.39 is 0 Å². The molecule has 1 aliphatic heterocycles. The van der Waals surface area contributed by atoms with Crippen LogP contribution in [0.15, 0.2) is 34.9 Å². The SMILES string of the molecule is CCC(=O)N1CCN(c2cnc(C)c(-c3nnc(-c4ccc(CNC)cc4)o3)n2)C[C@H]1C(C)C.[HH].[HH]. The third-order valence-electron chi connectivity index (χ3n) is 6.29. The molecule has 1 aromatic carbocycles. The van der Waals surface area contributed by atoms with Crippen LogP contribution < -0.4 is 10.2 Å². The Kier molecular flexibility index (Phi) is 7.21. The molecule has 4 rings (SSSR count). The number of nitrogens with zero attached hydrogens (tertiary/aromatic N) is 6. The molecule has 34 heavy (non-hydrogen) atoms. The Morgan fingerprint density at radius 2 is 1.94 bits per heavy atom. The van der Waals surface area contributed by atoms with Crippen LogP contribution in [0.4, 0.5) is 5.82 Å². The highest BCUT2D eigenvalue weighted by atomic mass is 16.4. The molecule has 184 valence electrons. The monoisotopic (exact) mass is 467 g/mol. The molecule has 0 radical (unpaired) electrons. The predicted octanol–water partition coefficient (Wildman–Crippen LogP) is 3.80. The number of carbonyl (C=O) groups excluding carboxylic acids is 1. The summed E-state index contributed by atoms with van der Waals surface area (Å²) in [5.74, 6) is 2.09. The molecule has 0 unspecified atom stereocenters. The molecule has 1 N–H and O–H groups in total. The second-order valence-electron chi connectivity index (χ2n) is 9.00. The van der Waals surface area contributed by atoms with E-state index in [4.69, 9.17) is 9.40 Å². The lowest BCUT2D eigenvalue weighted by Gasteiger charge is -2.43. The first-order valence-corrected chi connectivity index (χ1v) is 11.9. The van der Waals surface area contributed by atoms with Gasteiger partial charge in [0.15, 0.2) is 5.69 Å². The molecule has 1 atom stereocenters. The molecule has 1 amide bonds. The van der Waals surface area contributed by atoms with Crippen LogP contribution in [0.3, 0.4) is 0 Å². The van der Waals surface area contributed by atoms with Crippen molar-refractivity contribution >= 4 is 11.7 Å². The number of rotatable bonds is 7. The van der Waals surface area contributed by atoms with Crippen molar-refractivity contribution in [1.29, 1.82) is 0 Å². The van der Waals surface area contributed by atoms with Crippen molar-refractivity contribution in [3.63, 3.8) is 0 Å². The minimum Gasteiger partial charge on any atom is -0.415 e. The van der Waals surface area contributed by atoms with Gasteiger partial charge < -0.3 is 19.5 Å². The maximum Gasteiger partial charge on any atom is 0.268 e. The number of hydrogen-bond acceptors (Lipinski definition) is 8. The topological polar surface area (TPSA) is 100 Å². The van der Waals surface area contributed by atoms with E-state index in [0.29, 0.717) is 49.4 Å². The molecule has 3 aromatic rings. The summed E-state index contributed by atoms with van der Waals surface area (Å²) >= 11 is 0. The number of carbonyl (C=O) groups is 1. The van der Waals surface area contributed by atoms with Gasteiger partial charge in [0.05, 0.1) is 17.9 Å². The third kappa shape index (κ3) is 4.94. The molecule has 9 nitrogen and oxygen atoms in total. The number of aryl methyl sites for hydroxylation is 1. The minimum absolute atomic E-state index is 0. The van der Waals surface area contributed by atoms with E-state index in [2.05, 4.69) is 39.2 Å². The van der Waals surface area contributed by atoms with Crippen molar-refractivity contribution < 1.29 is 12.1 Å². The summed E-state index contributed by atoms with van der Waals surface area (Å²) in [4.78, 5) is 26.0. The Hall–Kier alpha value is -3.33. The summed E-state index contributed by atoms with van der Waals surface area (Å²) in [5.41, 5.74) is 3.34. The van der Waals surface area contributed by atoms with E-state index in [9.17, 15) is 4.79 Å². The standard InChI is InChI=1S/C25H33N7O2.2H2/c1-6-22(33)32-12-11-31(15-20(32)16(2)3)21-14-27-17(4)23(28-21)25-30-29-24(34-25)19-9-7-18(8-10-19)13-26-5;;/h7-10,14,16,20,26H,6,11-13,15H2,1-5H3;2*1H/t20-;;/m0../s1. The average molecular weight is 468 g/mol. The Bertz CT molecular complexity index is 1140. The van der Waals surface area contributed by atoms with Crippen LogP contribution in [0.5, 0.6) is 0 Å². The first-order chi connectivity index (χ1) is 16.4. The molecule has 0 spiro atoms. The molecule has 0 bridgehead atoms. The van der Waals surface area contributed by atoms with Crippen molar-refractivity contribution in [1.82, 2.24) is 30.4 Å². The van der Waals surface area contributed by atoms with Gasteiger partial charge in [0.2, 0.25) is 11.8 Å². The second kappa shape index (κ2) is 10.3. The van der Waals surface area contributed by atoms with Crippen LogP contribution in [0.25, 0.3) is 23.0 Å². The van der Waals surface area contributed by atoms with Crippen LogP contribution >= 0.6 is 0 Å². The van der Waals surface area contributed by atoms with Gasteiger partial charge in [-0.15, -0.1) is 10.2 Å². The Labute approximate surface area is 203 Å². The van der Waals surface area contributed by atoms with Gasteiger partial charge >= 0.3 is 0 Å². The van der Waals surface area contributed by atoms with Crippen molar-refractivity contribution in [3.05, 3.63) is 41.7 Å². The summed E-state index contributed by atoms with van der Waals surface area (Å²) in [6, 6.07) is 8.16. The molecule has 0 saturated carbocycles. The van der Waals surface area contributed by atoms with Crippen LogP contribution in [-0.2, 0) is 11.3 Å². The van der Waals surface area contributed by atoms with Crippen molar-refractivity contribution in [2.75, 3.05) is 31.6 Å². The van der Waals surface area contributed by atoms with Crippen LogP contribution in [0.1, 0.15) is 41.3 Å². The van der Waals surface area contributed by atoms with E-state index in [1.807, 2.05) is 50.1 Å². The maximum absolute atomic E-state index is 12.4. The third-order valence-corrected chi connectivity index (χ3v) is 6.29. The van der Waals surface area contributed by atoms with Crippen LogP contribution in [0.2, 0.25) is 0 Å².